The zero-order valence-corrected chi connectivity index (χ0v) is 16.5. The maximum atomic E-state index is 12.6. The fraction of sp³-hybridized carbons (Fsp3) is 0.364. The minimum atomic E-state index is 0.0194. The van der Waals surface area contributed by atoms with E-state index in [2.05, 4.69) is 34.7 Å². The van der Waals surface area contributed by atoms with Gasteiger partial charge in [-0.2, -0.15) is 0 Å². The van der Waals surface area contributed by atoms with Gasteiger partial charge in [-0.1, -0.05) is 60.7 Å². The van der Waals surface area contributed by atoms with Crippen molar-refractivity contribution in [1.82, 2.24) is 15.5 Å². The summed E-state index contributed by atoms with van der Waals surface area (Å²) in [5.41, 5.74) is 2.30. The van der Waals surface area contributed by atoms with Crippen LogP contribution in [0.15, 0.2) is 65.7 Å². The van der Waals surface area contributed by atoms with Crippen molar-refractivity contribution < 1.29 is 4.79 Å². The topological polar surface area (TPSA) is 56.7 Å². The highest BCUT2D eigenvalue weighted by Crippen LogP contribution is 2.10. The fourth-order valence-electron chi connectivity index (χ4n) is 2.78. The summed E-state index contributed by atoms with van der Waals surface area (Å²) in [7, 11) is 0. The molecule has 1 unspecified atom stereocenters. The number of nitrogens with zero attached hydrogens (tertiary/aromatic N) is 2. The molecular formula is C22H30N4O. The van der Waals surface area contributed by atoms with Crippen LogP contribution < -0.4 is 10.6 Å². The predicted molar refractivity (Wildman–Crippen MR) is 112 cm³/mol. The van der Waals surface area contributed by atoms with E-state index in [9.17, 15) is 4.79 Å². The van der Waals surface area contributed by atoms with Gasteiger partial charge >= 0.3 is 0 Å². The molecule has 0 saturated heterocycles. The first-order chi connectivity index (χ1) is 13.1. The van der Waals surface area contributed by atoms with Crippen molar-refractivity contribution >= 4 is 11.9 Å². The second-order valence-electron chi connectivity index (χ2n) is 6.37. The van der Waals surface area contributed by atoms with Gasteiger partial charge in [0, 0.05) is 19.6 Å². The van der Waals surface area contributed by atoms with Gasteiger partial charge in [0.2, 0.25) is 5.91 Å². The van der Waals surface area contributed by atoms with Crippen molar-refractivity contribution in [3.05, 3.63) is 71.8 Å². The molecule has 2 rings (SSSR count). The minimum Gasteiger partial charge on any atom is -0.357 e. The third-order valence-corrected chi connectivity index (χ3v) is 4.32. The quantitative estimate of drug-likeness (QED) is 0.556. The average Bonchev–Trinajstić information content (AvgIpc) is 2.71. The summed E-state index contributed by atoms with van der Waals surface area (Å²) in [5, 5.41) is 6.58. The van der Waals surface area contributed by atoms with Crippen molar-refractivity contribution in [1.29, 1.82) is 0 Å². The van der Waals surface area contributed by atoms with E-state index in [0.29, 0.717) is 19.0 Å². The van der Waals surface area contributed by atoms with E-state index in [-0.39, 0.29) is 18.5 Å². The van der Waals surface area contributed by atoms with Crippen LogP contribution in [0.2, 0.25) is 0 Å². The van der Waals surface area contributed by atoms with Gasteiger partial charge in [-0.15, -0.1) is 0 Å². The molecule has 0 aliphatic carbocycles. The molecule has 0 aliphatic rings. The molecule has 1 atom stereocenters. The molecule has 144 valence electrons. The number of carbonyl (C=O) groups excluding carboxylic acids is 1. The van der Waals surface area contributed by atoms with Crippen LogP contribution >= 0.6 is 0 Å². The van der Waals surface area contributed by atoms with Gasteiger partial charge in [-0.25, -0.2) is 4.99 Å². The Balaban J connectivity index is 1.98. The van der Waals surface area contributed by atoms with Gasteiger partial charge in [-0.05, 0) is 31.9 Å². The Hall–Kier alpha value is -2.82. The Morgan fingerprint density at radius 3 is 2.26 bits per heavy atom. The Labute approximate surface area is 162 Å². The van der Waals surface area contributed by atoms with Crippen LogP contribution in [0.4, 0.5) is 0 Å². The standard InChI is InChI=1S/C22H30N4O/c1-4-23-22(25-18(3)20-14-10-7-11-15-20)24-16-21(27)26(5-2)17-19-12-8-6-9-13-19/h6-15,18H,4-5,16-17H2,1-3H3,(H2,23,24,25). The predicted octanol–water partition coefficient (Wildman–Crippen LogP) is 3.35. The molecule has 2 aromatic carbocycles. The van der Waals surface area contributed by atoms with Crippen LogP contribution in [0.3, 0.4) is 0 Å². The largest absolute Gasteiger partial charge is 0.357 e. The molecule has 27 heavy (non-hydrogen) atoms. The molecule has 0 aliphatic heterocycles. The third kappa shape index (κ3) is 6.77. The molecule has 5 heteroatoms. The van der Waals surface area contributed by atoms with Crippen LogP contribution in [0.1, 0.15) is 37.9 Å². The summed E-state index contributed by atoms with van der Waals surface area (Å²) in [4.78, 5) is 18.9. The molecule has 0 heterocycles. The Kier molecular flexibility index (Phi) is 8.36. The summed E-state index contributed by atoms with van der Waals surface area (Å²) in [6.45, 7) is 8.22. The van der Waals surface area contributed by atoms with E-state index in [1.807, 2.05) is 67.3 Å². The Morgan fingerprint density at radius 1 is 1.04 bits per heavy atom. The number of hydrogen-bond acceptors (Lipinski definition) is 2. The van der Waals surface area contributed by atoms with E-state index in [4.69, 9.17) is 0 Å². The molecule has 0 fully saturated rings. The van der Waals surface area contributed by atoms with E-state index >= 15 is 0 Å². The number of guanidine groups is 1. The van der Waals surface area contributed by atoms with Crippen LogP contribution in [0.25, 0.3) is 0 Å². The molecule has 0 aromatic heterocycles. The molecule has 2 N–H and O–H groups in total. The molecule has 0 radical (unpaired) electrons. The number of carbonyl (C=O) groups is 1. The molecule has 1 amide bonds. The summed E-state index contributed by atoms with van der Waals surface area (Å²) in [6, 6.07) is 20.3. The van der Waals surface area contributed by atoms with Gasteiger partial charge < -0.3 is 15.5 Å². The number of hydrogen-bond donors (Lipinski definition) is 2. The maximum absolute atomic E-state index is 12.6. The van der Waals surface area contributed by atoms with Gasteiger partial charge in [0.15, 0.2) is 5.96 Å². The van der Waals surface area contributed by atoms with Gasteiger partial charge in [0.25, 0.3) is 0 Å². The lowest BCUT2D eigenvalue weighted by atomic mass is 10.1. The lowest BCUT2D eigenvalue weighted by Gasteiger charge is -2.21. The van der Waals surface area contributed by atoms with Crippen LogP contribution in [-0.4, -0.2) is 36.4 Å². The van der Waals surface area contributed by atoms with Crippen molar-refractivity contribution in [2.75, 3.05) is 19.6 Å². The van der Waals surface area contributed by atoms with Gasteiger partial charge in [-0.3, -0.25) is 4.79 Å². The summed E-state index contributed by atoms with van der Waals surface area (Å²) >= 11 is 0. The molecular weight excluding hydrogens is 336 g/mol. The van der Waals surface area contributed by atoms with Crippen LogP contribution in [0.5, 0.6) is 0 Å². The number of rotatable bonds is 8. The summed E-state index contributed by atoms with van der Waals surface area (Å²) in [5.74, 6) is 0.670. The second kappa shape index (κ2) is 11.0. The first-order valence-electron chi connectivity index (χ1n) is 9.55. The Morgan fingerprint density at radius 2 is 1.67 bits per heavy atom. The zero-order chi connectivity index (χ0) is 19.5. The highest BCUT2D eigenvalue weighted by atomic mass is 16.2. The minimum absolute atomic E-state index is 0.0194. The van der Waals surface area contributed by atoms with Crippen molar-refractivity contribution in [2.45, 2.75) is 33.4 Å². The molecule has 0 bridgehead atoms. The highest BCUT2D eigenvalue weighted by molar-refractivity contribution is 5.85. The first kappa shape index (κ1) is 20.5. The van der Waals surface area contributed by atoms with Gasteiger partial charge in [0.05, 0.1) is 6.04 Å². The van der Waals surface area contributed by atoms with E-state index in [0.717, 1.165) is 12.1 Å². The molecule has 0 saturated carbocycles. The maximum Gasteiger partial charge on any atom is 0.244 e. The van der Waals surface area contributed by atoms with Crippen molar-refractivity contribution in [3.63, 3.8) is 0 Å². The van der Waals surface area contributed by atoms with Crippen molar-refractivity contribution in [3.8, 4) is 0 Å². The lowest BCUT2D eigenvalue weighted by molar-refractivity contribution is -0.130. The van der Waals surface area contributed by atoms with Gasteiger partial charge in [0.1, 0.15) is 6.54 Å². The number of aliphatic imine (C=N–C) groups is 1. The molecule has 0 spiro atoms. The van der Waals surface area contributed by atoms with Crippen LogP contribution in [0, 0.1) is 0 Å². The zero-order valence-electron chi connectivity index (χ0n) is 16.5. The summed E-state index contributed by atoms with van der Waals surface area (Å²) < 4.78 is 0. The first-order valence-corrected chi connectivity index (χ1v) is 9.55. The van der Waals surface area contributed by atoms with E-state index in [1.54, 1.807) is 0 Å². The fourth-order valence-corrected chi connectivity index (χ4v) is 2.78. The third-order valence-electron chi connectivity index (χ3n) is 4.32. The number of nitrogens with one attached hydrogen (secondary N) is 2. The average molecular weight is 367 g/mol. The number of amides is 1. The smallest absolute Gasteiger partial charge is 0.244 e. The van der Waals surface area contributed by atoms with E-state index in [1.165, 1.54) is 5.56 Å². The SMILES string of the molecule is CCNC(=NCC(=O)N(CC)Cc1ccccc1)NC(C)c1ccccc1. The number of likely N-dealkylation sites (N-methyl/N-ethyl adjacent to an activating group) is 1. The van der Waals surface area contributed by atoms with Crippen molar-refractivity contribution in [2.24, 2.45) is 4.99 Å². The second-order valence-corrected chi connectivity index (χ2v) is 6.37. The molecule has 2 aromatic rings. The monoisotopic (exact) mass is 366 g/mol. The normalized spacial score (nSPS) is 12.3. The van der Waals surface area contributed by atoms with Crippen LogP contribution in [-0.2, 0) is 11.3 Å². The molecule has 5 nitrogen and oxygen atoms in total. The van der Waals surface area contributed by atoms with E-state index < -0.39 is 0 Å². The highest BCUT2D eigenvalue weighted by Gasteiger charge is 2.13. The Bertz CT molecular complexity index is 716. The summed E-state index contributed by atoms with van der Waals surface area (Å²) in [6.07, 6.45) is 0. The number of benzene rings is 2. The lowest BCUT2D eigenvalue weighted by Crippen LogP contribution is -2.40.